The van der Waals surface area contributed by atoms with E-state index < -0.39 is 0 Å². The maximum absolute atomic E-state index is 11.9. The summed E-state index contributed by atoms with van der Waals surface area (Å²) in [7, 11) is 0. The Morgan fingerprint density at radius 1 is 1.06 bits per heavy atom. The van der Waals surface area contributed by atoms with Crippen LogP contribution in [0.3, 0.4) is 0 Å². The van der Waals surface area contributed by atoms with Gasteiger partial charge in [0, 0.05) is 18.4 Å². The van der Waals surface area contributed by atoms with Crippen LogP contribution >= 0.6 is 11.3 Å². The third-order valence-electron chi connectivity index (χ3n) is 2.68. The standard InChI is InChI=1S/C15H14O2S/c1-11-9-15(18-10-11)14(17)8-7-13(16)12-5-3-2-4-6-12/h2-6,9-10H,7-8H2,1H3. The zero-order valence-corrected chi connectivity index (χ0v) is 11.0. The fourth-order valence-corrected chi connectivity index (χ4v) is 2.56. The molecule has 0 N–H and O–H groups in total. The van der Waals surface area contributed by atoms with Crippen LogP contribution in [0, 0.1) is 6.92 Å². The van der Waals surface area contributed by atoms with Gasteiger partial charge in [0.15, 0.2) is 11.6 Å². The molecule has 0 spiro atoms. The molecule has 2 aromatic rings. The van der Waals surface area contributed by atoms with Crippen molar-refractivity contribution >= 4 is 22.9 Å². The number of Topliss-reactive ketones (excluding diaryl/α,β-unsaturated/α-hetero) is 2. The lowest BCUT2D eigenvalue weighted by molar-refractivity contribution is 0.0919. The van der Waals surface area contributed by atoms with Gasteiger partial charge < -0.3 is 0 Å². The molecule has 0 saturated heterocycles. The molecule has 0 saturated carbocycles. The van der Waals surface area contributed by atoms with Crippen LogP contribution in [0.15, 0.2) is 41.8 Å². The van der Waals surface area contributed by atoms with Gasteiger partial charge in [0.2, 0.25) is 0 Å². The van der Waals surface area contributed by atoms with Crippen LogP contribution in [0.4, 0.5) is 0 Å². The summed E-state index contributed by atoms with van der Waals surface area (Å²) in [6.45, 7) is 1.96. The first-order valence-electron chi connectivity index (χ1n) is 5.83. The molecule has 1 aromatic carbocycles. The predicted molar refractivity (Wildman–Crippen MR) is 73.4 cm³/mol. The van der Waals surface area contributed by atoms with Gasteiger partial charge in [0.05, 0.1) is 4.88 Å². The van der Waals surface area contributed by atoms with Gasteiger partial charge >= 0.3 is 0 Å². The van der Waals surface area contributed by atoms with Crippen LogP contribution in [-0.2, 0) is 0 Å². The lowest BCUT2D eigenvalue weighted by Gasteiger charge is -1.99. The number of thiophene rings is 1. The third-order valence-corrected chi connectivity index (χ3v) is 3.77. The highest BCUT2D eigenvalue weighted by Gasteiger charge is 2.11. The first-order valence-corrected chi connectivity index (χ1v) is 6.71. The van der Waals surface area contributed by atoms with Gasteiger partial charge in [-0.2, -0.15) is 0 Å². The molecule has 0 bridgehead atoms. The second-order valence-electron chi connectivity index (χ2n) is 4.20. The average Bonchev–Trinajstić information content (AvgIpc) is 2.83. The van der Waals surface area contributed by atoms with E-state index in [1.807, 2.05) is 36.6 Å². The van der Waals surface area contributed by atoms with Crippen molar-refractivity contribution in [1.82, 2.24) is 0 Å². The van der Waals surface area contributed by atoms with Crippen molar-refractivity contribution in [2.24, 2.45) is 0 Å². The summed E-state index contributed by atoms with van der Waals surface area (Å²) in [5.74, 6) is 0.0783. The third kappa shape index (κ3) is 3.14. The second kappa shape index (κ2) is 5.74. The summed E-state index contributed by atoms with van der Waals surface area (Å²) in [5.41, 5.74) is 1.77. The van der Waals surface area contributed by atoms with Crippen molar-refractivity contribution < 1.29 is 9.59 Å². The lowest BCUT2D eigenvalue weighted by atomic mass is 10.0. The van der Waals surface area contributed by atoms with Gasteiger partial charge in [-0.3, -0.25) is 9.59 Å². The van der Waals surface area contributed by atoms with Gasteiger partial charge in [-0.15, -0.1) is 11.3 Å². The van der Waals surface area contributed by atoms with E-state index in [0.29, 0.717) is 5.56 Å². The molecule has 0 radical (unpaired) electrons. The number of carbonyl (C=O) groups excluding carboxylic acids is 2. The molecule has 0 aliphatic rings. The molecule has 0 aliphatic heterocycles. The number of aryl methyl sites for hydroxylation is 1. The smallest absolute Gasteiger partial charge is 0.173 e. The highest BCUT2D eigenvalue weighted by atomic mass is 32.1. The minimum atomic E-state index is 0.0252. The van der Waals surface area contributed by atoms with E-state index in [1.54, 1.807) is 12.1 Å². The molecule has 0 atom stereocenters. The molecule has 0 unspecified atom stereocenters. The fraction of sp³-hybridized carbons (Fsp3) is 0.200. The van der Waals surface area contributed by atoms with E-state index in [9.17, 15) is 9.59 Å². The number of hydrogen-bond acceptors (Lipinski definition) is 3. The first-order chi connectivity index (χ1) is 8.66. The van der Waals surface area contributed by atoms with Gasteiger partial charge in [-0.1, -0.05) is 30.3 Å². The summed E-state index contributed by atoms with van der Waals surface area (Å²) < 4.78 is 0. The topological polar surface area (TPSA) is 34.1 Å². The number of carbonyl (C=O) groups is 2. The van der Waals surface area contributed by atoms with Crippen LogP contribution in [0.1, 0.15) is 38.4 Å². The molecule has 0 fully saturated rings. The summed E-state index contributed by atoms with van der Waals surface area (Å²) >= 11 is 1.44. The van der Waals surface area contributed by atoms with Crippen LogP contribution in [0.25, 0.3) is 0 Å². The van der Waals surface area contributed by atoms with Crippen molar-refractivity contribution in [3.05, 3.63) is 57.8 Å². The van der Waals surface area contributed by atoms with Crippen LogP contribution < -0.4 is 0 Å². The van der Waals surface area contributed by atoms with Crippen molar-refractivity contribution in [3.63, 3.8) is 0 Å². The summed E-state index contributed by atoms with van der Waals surface area (Å²) in [5, 5.41) is 1.95. The highest BCUT2D eigenvalue weighted by Crippen LogP contribution is 2.17. The van der Waals surface area contributed by atoms with Crippen LogP contribution in [0.5, 0.6) is 0 Å². The Morgan fingerprint density at radius 2 is 1.72 bits per heavy atom. The summed E-state index contributed by atoms with van der Waals surface area (Å²) in [4.78, 5) is 24.4. The zero-order valence-electron chi connectivity index (χ0n) is 10.2. The molecule has 3 heteroatoms. The molecule has 0 aliphatic carbocycles. The lowest BCUT2D eigenvalue weighted by Crippen LogP contribution is -2.03. The van der Waals surface area contributed by atoms with E-state index in [1.165, 1.54) is 11.3 Å². The van der Waals surface area contributed by atoms with Crippen molar-refractivity contribution in [1.29, 1.82) is 0 Å². The number of rotatable bonds is 5. The Labute approximate surface area is 110 Å². The van der Waals surface area contributed by atoms with Crippen molar-refractivity contribution in [2.45, 2.75) is 19.8 Å². The molecule has 2 nitrogen and oxygen atoms in total. The Bertz CT molecular complexity index is 555. The van der Waals surface area contributed by atoms with Gasteiger partial charge in [0.25, 0.3) is 0 Å². The van der Waals surface area contributed by atoms with Gasteiger partial charge in [-0.25, -0.2) is 0 Å². The highest BCUT2D eigenvalue weighted by molar-refractivity contribution is 7.12. The summed E-state index contributed by atoms with van der Waals surface area (Å²) in [6, 6.07) is 11.0. The molecule has 18 heavy (non-hydrogen) atoms. The Morgan fingerprint density at radius 3 is 2.33 bits per heavy atom. The van der Waals surface area contributed by atoms with Gasteiger partial charge in [-0.05, 0) is 23.9 Å². The Kier molecular flexibility index (Phi) is 4.05. The molecule has 1 aromatic heterocycles. The SMILES string of the molecule is Cc1csc(C(=O)CCC(=O)c2ccccc2)c1. The maximum atomic E-state index is 11.9. The first kappa shape index (κ1) is 12.7. The quantitative estimate of drug-likeness (QED) is 0.762. The Hall–Kier alpha value is -1.74. The number of ketones is 2. The molecule has 92 valence electrons. The van der Waals surface area contributed by atoms with Crippen molar-refractivity contribution in [2.75, 3.05) is 0 Å². The molecule has 0 amide bonds. The largest absolute Gasteiger partial charge is 0.294 e. The van der Waals surface area contributed by atoms with Crippen LogP contribution in [-0.4, -0.2) is 11.6 Å². The molecule has 2 rings (SSSR count). The second-order valence-corrected chi connectivity index (χ2v) is 5.11. The normalized spacial score (nSPS) is 10.3. The number of benzene rings is 1. The Balaban J connectivity index is 1.92. The van der Waals surface area contributed by atoms with Gasteiger partial charge in [0.1, 0.15) is 0 Å². The predicted octanol–water partition coefficient (Wildman–Crippen LogP) is 3.90. The van der Waals surface area contributed by atoms with E-state index in [2.05, 4.69) is 0 Å². The monoisotopic (exact) mass is 258 g/mol. The van der Waals surface area contributed by atoms with E-state index >= 15 is 0 Å². The molecular formula is C15H14O2S. The number of hydrogen-bond donors (Lipinski definition) is 0. The molecular weight excluding hydrogens is 244 g/mol. The van der Waals surface area contributed by atoms with Crippen molar-refractivity contribution in [3.8, 4) is 0 Å². The minimum absolute atomic E-state index is 0.0252. The zero-order chi connectivity index (χ0) is 13.0. The minimum Gasteiger partial charge on any atom is -0.294 e. The van der Waals surface area contributed by atoms with E-state index in [0.717, 1.165) is 10.4 Å². The fourth-order valence-electron chi connectivity index (χ4n) is 1.70. The average molecular weight is 258 g/mol. The maximum Gasteiger partial charge on any atom is 0.173 e. The summed E-state index contributed by atoms with van der Waals surface area (Å²) in [6.07, 6.45) is 0.563. The van der Waals surface area contributed by atoms with E-state index in [4.69, 9.17) is 0 Å². The van der Waals surface area contributed by atoms with E-state index in [-0.39, 0.29) is 24.4 Å². The van der Waals surface area contributed by atoms with Crippen LogP contribution in [0.2, 0.25) is 0 Å². The molecule has 1 heterocycles.